The van der Waals surface area contributed by atoms with Crippen molar-refractivity contribution in [3.8, 4) is 22.6 Å². The second-order valence-corrected chi connectivity index (χ2v) is 10.5. The SMILES string of the molecule is Cc1ncc(-c2cc3c(n4cnnc24)N(C(=O)OC(C)(C)C)Cc2c(F)ccc4c2[C@H](CO4)CO3)cc1N. The number of carbonyl (C=O) groups excluding carboxylic acids is 1. The Labute approximate surface area is 218 Å². The summed E-state index contributed by atoms with van der Waals surface area (Å²) in [6, 6.07) is 6.56. The van der Waals surface area contributed by atoms with Gasteiger partial charge in [0.1, 0.15) is 23.5 Å². The number of hydrogen-bond donors (Lipinski definition) is 1. The van der Waals surface area contributed by atoms with E-state index in [9.17, 15) is 4.79 Å². The zero-order valence-corrected chi connectivity index (χ0v) is 21.5. The molecule has 0 bridgehead atoms. The molecule has 0 spiro atoms. The number of aromatic nitrogens is 4. The molecule has 0 radical (unpaired) electrons. The summed E-state index contributed by atoms with van der Waals surface area (Å²) in [6.45, 7) is 7.59. The van der Waals surface area contributed by atoms with E-state index in [1.165, 1.54) is 17.3 Å². The number of hydrogen-bond acceptors (Lipinski definition) is 8. The van der Waals surface area contributed by atoms with Gasteiger partial charge in [0.15, 0.2) is 17.2 Å². The van der Waals surface area contributed by atoms with Gasteiger partial charge < -0.3 is 19.9 Å². The van der Waals surface area contributed by atoms with Crippen molar-refractivity contribution in [1.82, 2.24) is 19.6 Å². The molecule has 5 heterocycles. The number of fused-ring (bicyclic) bond motifs is 3. The molecule has 2 aliphatic rings. The van der Waals surface area contributed by atoms with Crippen LogP contribution in [0.1, 0.15) is 43.5 Å². The predicted molar refractivity (Wildman–Crippen MR) is 138 cm³/mol. The van der Waals surface area contributed by atoms with Crippen molar-refractivity contribution < 1.29 is 23.4 Å². The van der Waals surface area contributed by atoms with Crippen molar-refractivity contribution in [3.63, 3.8) is 0 Å². The van der Waals surface area contributed by atoms with Crippen LogP contribution in [0.15, 0.2) is 36.8 Å². The van der Waals surface area contributed by atoms with E-state index in [0.29, 0.717) is 63.2 Å². The summed E-state index contributed by atoms with van der Waals surface area (Å²) in [4.78, 5) is 19.4. The van der Waals surface area contributed by atoms with Crippen LogP contribution in [0.25, 0.3) is 16.8 Å². The first-order chi connectivity index (χ1) is 18.1. The molecule has 0 fully saturated rings. The number of aryl methyl sites for hydroxylation is 1. The molecule has 1 amide bonds. The minimum atomic E-state index is -0.795. The summed E-state index contributed by atoms with van der Waals surface area (Å²) < 4.78 is 35.0. The number of halogens is 1. The van der Waals surface area contributed by atoms with Crippen molar-refractivity contribution in [3.05, 3.63) is 59.4 Å². The van der Waals surface area contributed by atoms with E-state index in [2.05, 4.69) is 15.2 Å². The lowest BCUT2D eigenvalue weighted by atomic mass is 9.95. The molecule has 6 rings (SSSR count). The summed E-state index contributed by atoms with van der Waals surface area (Å²) >= 11 is 0. The molecule has 0 unspecified atom stereocenters. The summed E-state index contributed by atoms with van der Waals surface area (Å²) in [5.74, 6) is 0.627. The van der Waals surface area contributed by atoms with Crippen molar-refractivity contribution in [2.75, 3.05) is 23.8 Å². The molecule has 196 valence electrons. The van der Waals surface area contributed by atoms with Crippen molar-refractivity contribution in [2.24, 2.45) is 0 Å². The van der Waals surface area contributed by atoms with Gasteiger partial charge in [-0.3, -0.25) is 14.3 Å². The van der Waals surface area contributed by atoms with Crippen LogP contribution in [0.2, 0.25) is 0 Å². The number of pyridine rings is 2. The summed E-state index contributed by atoms with van der Waals surface area (Å²) in [5, 5.41) is 8.44. The third-order valence-corrected chi connectivity index (χ3v) is 6.68. The standard InChI is InChI=1S/C27H27FN6O4/c1-14-20(29)7-15(9-30-14)17-8-22-25(34-13-31-32-24(17)34)33(26(35)38-27(2,3)4)10-18-19(28)5-6-21-23(18)16(11-36-21)12-37-22/h5-9,13,16H,10-12,29H2,1-4H3/t16-/m1/s1. The lowest BCUT2D eigenvalue weighted by Crippen LogP contribution is -2.38. The zero-order valence-electron chi connectivity index (χ0n) is 21.5. The second kappa shape index (κ2) is 8.57. The monoisotopic (exact) mass is 518 g/mol. The van der Waals surface area contributed by atoms with Crippen LogP contribution in [0, 0.1) is 12.7 Å². The Hall–Kier alpha value is -4.41. The van der Waals surface area contributed by atoms with Crippen LogP contribution in [-0.4, -0.2) is 44.5 Å². The Morgan fingerprint density at radius 1 is 1.18 bits per heavy atom. The van der Waals surface area contributed by atoms with E-state index in [4.69, 9.17) is 19.9 Å². The van der Waals surface area contributed by atoms with Gasteiger partial charge in [0, 0.05) is 28.5 Å². The Morgan fingerprint density at radius 3 is 2.68 bits per heavy atom. The summed E-state index contributed by atoms with van der Waals surface area (Å²) in [7, 11) is 0. The van der Waals surface area contributed by atoms with Crippen LogP contribution < -0.4 is 20.1 Å². The fourth-order valence-electron chi connectivity index (χ4n) is 4.88. The molecule has 3 aromatic heterocycles. The van der Waals surface area contributed by atoms with Crippen molar-refractivity contribution in [1.29, 1.82) is 0 Å². The van der Waals surface area contributed by atoms with E-state index in [-0.39, 0.29) is 19.1 Å². The first-order valence-corrected chi connectivity index (χ1v) is 12.3. The first-order valence-electron chi connectivity index (χ1n) is 12.3. The molecule has 2 aliphatic heterocycles. The predicted octanol–water partition coefficient (Wildman–Crippen LogP) is 4.63. The Morgan fingerprint density at radius 2 is 1.95 bits per heavy atom. The number of nitrogen functional groups attached to an aromatic ring is 1. The lowest BCUT2D eigenvalue weighted by molar-refractivity contribution is 0.0574. The fourth-order valence-corrected chi connectivity index (χ4v) is 4.88. The highest BCUT2D eigenvalue weighted by atomic mass is 19.1. The van der Waals surface area contributed by atoms with Crippen LogP contribution >= 0.6 is 0 Å². The maximum atomic E-state index is 15.3. The average Bonchev–Trinajstić information content (AvgIpc) is 3.50. The third-order valence-electron chi connectivity index (χ3n) is 6.68. The molecule has 2 N–H and O–H groups in total. The maximum absolute atomic E-state index is 15.3. The number of anilines is 2. The van der Waals surface area contributed by atoms with Crippen LogP contribution in [0.4, 0.5) is 20.7 Å². The number of ether oxygens (including phenoxy) is 3. The molecule has 38 heavy (non-hydrogen) atoms. The molecule has 4 aromatic rings. The van der Waals surface area contributed by atoms with Crippen LogP contribution in [-0.2, 0) is 11.3 Å². The normalized spacial score (nSPS) is 16.6. The maximum Gasteiger partial charge on any atom is 0.416 e. The minimum Gasteiger partial charge on any atom is -0.493 e. The Kier molecular flexibility index (Phi) is 5.41. The molecule has 11 heteroatoms. The molecule has 1 aromatic carbocycles. The Bertz CT molecular complexity index is 1590. The third kappa shape index (κ3) is 3.94. The minimum absolute atomic E-state index is 0.105. The van der Waals surface area contributed by atoms with E-state index in [1.807, 2.05) is 13.0 Å². The highest BCUT2D eigenvalue weighted by Gasteiger charge is 2.37. The van der Waals surface area contributed by atoms with E-state index < -0.39 is 17.5 Å². The van der Waals surface area contributed by atoms with Gasteiger partial charge in [0.05, 0.1) is 37.1 Å². The number of rotatable bonds is 1. The number of amides is 1. The molecule has 0 saturated heterocycles. The molecule has 1 atom stereocenters. The summed E-state index contributed by atoms with van der Waals surface area (Å²) in [5.41, 5.74) is 9.47. The molecule has 10 nitrogen and oxygen atoms in total. The highest BCUT2D eigenvalue weighted by molar-refractivity contribution is 5.92. The quantitative estimate of drug-likeness (QED) is 0.388. The van der Waals surface area contributed by atoms with Gasteiger partial charge >= 0.3 is 6.09 Å². The smallest absolute Gasteiger partial charge is 0.416 e. The van der Waals surface area contributed by atoms with Crippen LogP contribution in [0.5, 0.6) is 11.5 Å². The molecule has 0 saturated carbocycles. The fraction of sp³-hybridized carbons (Fsp3) is 0.333. The van der Waals surface area contributed by atoms with Crippen molar-refractivity contribution in [2.45, 2.75) is 45.8 Å². The van der Waals surface area contributed by atoms with E-state index in [0.717, 1.165) is 0 Å². The van der Waals surface area contributed by atoms with Gasteiger partial charge in [-0.1, -0.05) is 0 Å². The zero-order chi connectivity index (χ0) is 26.8. The number of benzene rings is 1. The summed E-state index contributed by atoms with van der Waals surface area (Å²) in [6.07, 6.45) is 2.52. The van der Waals surface area contributed by atoms with Gasteiger partial charge in [-0.15, -0.1) is 10.2 Å². The van der Waals surface area contributed by atoms with Gasteiger partial charge in [-0.25, -0.2) is 9.18 Å². The highest BCUT2D eigenvalue weighted by Crippen LogP contribution is 2.44. The van der Waals surface area contributed by atoms with Crippen molar-refractivity contribution >= 4 is 23.2 Å². The Balaban J connectivity index is 1.60. The number of nitrogens with zero attached hydrogens (tertiary/aromatic N) is 5. The molecular formula is C27H27FN6O4. The number of nitrogens with two attached hydrogens (primary N) is 1. The lowest BCUT2D eigenvalue weighted by Gasteiger charge is -2.29. The van der Waals surface area contributed by atoms with Gasteiger partial charge in [-0.2, -0.15) is 0 Å². The average molecular weight is 519 g/mol. The second-order valence-electron chi connectivity index (χ2n) is 10.5. The molecular weight excluding hydrogens is 491 g/mol. The first kappa shape index (κ1) is 24.0. The van der Waals surface area contributed by atoms with E-state index >= 15 is 4.39 Å². The largest absolute Gasteiger partial charge is 0.493 e. The van der Waals surface area contributed by atoms with Gasteiger partial charge in [-0.05, 0) is 52.0 Å². The number of carbonyl (C=O) groups is 1. The topological polar surface area (TPSA) is 117 Å². The van der Waals surface area contributed by atoms with Gasteiger partial charge in [0.2, 0.25) is 0 Å². The van der Waals surface area contributed by atoms with E-state index in [1.54, 1.807) is 43.5 Å². The van der Waals surface area contributed by atoms with Crippen LogP contribution in [0.3, 0.4) is 0 Å². The van der Waals surface area contributed by atoms with Gasteiger partial charge in [0.25, 0.3) is 0 Å². The molecule has 0 aliphatic carbocycles.